The molecule has 52 heavy (non-hydrogen) atoms. The maximum absolute atomic E-state index is 12.3. The molecule has 1 aromatic heterocycles. The number of anilines is 1. The van der Waals surface area contributed by atoms with Crippen LogP contribution in [0.2, 0.25) is 0 Å². The number of carboxylic acids is 4. The van der Waals surface area contributed by atoms with Crippen LogP contribution in [0.5, 0.6) is 0 Å². The predicted octanol–water partition coefficient (Wildman–Crippen LogP) is 0.534. The molecule has 20 nitrogen and oxygen atoms in total. The average molecular weight is 739 g/mol. The topological polar surface area (TPSA) is 329 Å². The molecule has 0 unspecified atom stereocenters. The summed E-state index contributed by atoms with van der Waals surface area (Å²) < 4.78 is 0. The molecule has 0 aromatic carbocycles. The van der Waals surface area contributed by atoms with E-state index in [0.29, 0.717) is 69.3 Å². The van der Waals surface area contributed by atoms with Gasteiger partial charge in [0.05, 0.1) is 5.56 Å². The first-order chi connectivity index (χ1) is 24.7. The number of nitrogens with one attached hydrogen (secondary N) is 6. The number of hydrogen-bond acceptors (Lipinski definition) is 11. The Balaban J connectivity index is 2.17. The van der Waals surface area contributed by atoms with Gasteiger partial charge >= 0.3 is 29.9 Å². The highest BCUT2D eigenvalue weighted by atomic mass is 16.4. The Hall–Kier alpha value is -5.53. The fraction of sp³-hybridized carbons (Fsp3) is 0.594. The first kappa shape index (κ1) is 44.5. The van der Waals surface area contributed by atoms with Gasteiger partial charge in [-0.1, -0.05) is 12.8 Å². The van der Waals surface area contributed by atoms with Crippen molar-refractivity contribution in [1.82, 2.24) is 31.6 Å². The van der Waals surface area contributed by atoms with E-state index in [-0.39, 0.29) is 56.4 Å². The maximum Gasteiger partial charge on any atom is 0.326 e. The zero-order valence-electron chi connectivity index (χ0n) is 28.9. The molecular formula is C32H50N8O12. The van der Waals surface area contributed by atoms with Gasteiger partial charge in [-0.3, -0.25) is 19.2 Å². The normalized spacial score (nSPS) is 12.3. The molecule has 0 aliphatic carbocycles. The lowest BCUT2D eigenvalue weighted by atomic mass is 10.1. The molecule has 3 atom stereocenters. The number of aliphatic carboxylic acids is 4. The quantitative estimate of drug-likeness (QED) is 0.0317. The van der Waals surface area contributed by atoms with Crippen LogP contribution in [0.15, 0.2) is 18.3 Å². The monoisotopic (exact) mass is 738 g/mol. The van der Waals surface area contributed by atoms with Crippen LogP contribution in [0, 0.1) is 0 Å². The van der Waals surface area contributed by atoms with Crippen molar-refractivity contribution in [3.63, 3.8) is 0 Å². The van der Waals surface area contributed by atoms with Gasteiger partial charge in [0.2, 0.25) is 11.8 Å². The first-order valence-corrected chi connectivity index (χ1v) is 17.0. The number of nitrogens with two attached hydrogens (primary N) is 1. The summed E-state index contributed by atoms with van der Waals surface area (Å²) in [5.74, 6) is -0.445. The van der Waals surface area contributed by atoms with Crippen molar-refractivity contribution in [3.05, 3.63) is 23.9 Å². The van der Waals surface area contributed by atoms with Gasteiger partial charge in [0.1, 0.15) is 23.9 Å². The number of unbranched alkanes of at least 4 members (excludes halogenated alkanes) is 5. The highest BCUT2D eigenvalue weighted by Crippen LogP contribution is 2.09. The Morgan fingerprint density at radius 2 is 1.12 bits per heavy atom. The minimum Gasteiger partial charge on any atom is -0.481 e. The summed E-state index contributed by atoms with van der Waals surface area (Å²) in [6.45, 7) is 0.591. The molecular weight excluding hydrogens is 688 g/mol. The Bertz CT molecular complexity index is 1340. The minimum atomic E-state index is -1.50. The molecule has 0 aliphatic rings. The summed E-state index contributed by atoms with van der Waals surface area (Å²) in [4.78, 5) is 97.6. The summed E-state index contributed by atoms with van der Waals surface area (Å²) >= 11 is 0. The van der Waals surface area contributed by atoms with Crippen molar-refractivity contribution in [1.29, 1.82) is 0 Å². The summed E-state index contributed by atoms with van der Waals surface area (Å²) in [7, 11) is 0. The number of hydrogen-bond donors (Lipinski definition) is 11. The van der Waals surface area contributed by atoms with E-state index in [4.69, 9.17) is 16.1 Å². The van der Waals surface area contributed by atoms with Crippen LogP contribution in [0.25, 0.3) is 0 Å². The maximum atomic E-state index is 12.3. The first-order valence-electron chi connectivity index (χ1n) is 17.0. The lowest BCUT2D eigenvalue weighted by Crippen LogP contribution is -2.51. The van der Waals surface area contributed by atoms with Crippen molar-refractivity contribution in [2.24, 2.45) is 5.84 Å². The molecule has 290 valence electrons. The average Bonchev–Trinajstić information content (AvgIpc) is 3.09. The van der Waals surface area contributed by atoms with Crippen molar-refractivity contribution in [3.8, 4) is 0 Å². The number of nitrogen functional groups attached to an aromatic ring is 1. The SMILES string of the molecule is NNc1ccc(C(=O)NCCCC[C@H](NC(=O)CCCCCCC(=O)NCCCC[C@H](NC(=O)N[C@@H](CCC(=O)O)C(=O)O)C(=O)O)C(=O)O)cn1. The Kier molecular flexibility index (Phi) is 21.8. The van der Waals surface area contributed by atoms with E-state index in [0.717, 1.165) is 0 Å². The van der Waals surface area contributed by atoms with Crippen LogP contribution in [-0.4, -0.2) is 104 Å². The van der Waals surface area contributed by atoms with E-state index in [1.54, 1.807) is 12.1 Å². The highest BCUT2D eigenvalue weighted by molar-refractivity contribution is 5.94. The summed E-state index contributed by atoms with van der Waals surface area (Å²) in [5.41, 5.74) is 2.72. The Morgan fingerprint density at radius 3 is 1.62 bits per heavy atom. The molecule has 12 N–H and O–H groups in total. The molecule has 20 heteroatoms. The molecule has 0 fully saturated rings. The van der Waals surface area contributed by atoms with Crippen LogP contribution < -0.4 is 37.9 Å². The van der Waals surface area contributed by atoms with E-state index in [2.05, 4.69) is 37.0 Å². The lowest BCUT2D eigenvalue weighted by Gasteiger charge is -2.18. The van der Waals surface area contributed by atoms with Crippen LogP contribution >= 0.6 is 0 Å². The van der Waals surface area contributed by atoms with Crippen LogP contribution in [0.4, 0.5) is 10.6 Å². The molecule has 0 bridgehead atoms. The standard InChI is InChI=1S/C32H50N8O12/c33-40-24-15-13-20(19-36-24)28(45)35-18-8-6-9-21(29(46)47)37-26(42)12-4-2-1-3-11-25(41)34-17-7-5-10-22(30(48)49)38-32(52)39-23(31(50)51)14-16-27(43)44/h13,15,19,21-23H,1-12,14,16-18,33H2,(H,34,41)(H,35,45)(H,36,40)(H,37,42)(H,43,44)(H,46,47)(H,48,49)(H,50,51)(H2,38,39,52)/t21-,22-,23-/m0/s1. The van der Waals surface area contributed by atoms with Crippen LogP contribution in [-0.2, 0) is 28.8 Å². The number of carbonyl (C=O) groups is 8. The Labute approximate surface area is 300 Å². The summed E-state index contributed by atoms with van der Waals surface area (Å²) in [6.07, 6.45) is 5.21. The largest absolute Gasteiger partial charge is 0.481 e. The van der Waals surface area contributed by atoms with Crippen molar-refractivity contribution < 1.29 is 58.8 Å². The van der Waals surface area contributed by atoms with Gasteiger partial charge < -0.3 is 52.4 Å². The number of rotatable bonds is 28. The van der Waals surface area contributed by atoms with Crippen LogP contribution in [0.1, 0.15) is 100 Å². The number of carbonyl (C=O) groups excluding carboxylic acids is 4. The summed E-state index contributed by atoms with van der Waals surface area (Å²) in [6, 6.07) is -1.82. The number of carboxylic acid groups (broad SMARTS) is 4. The third-order valence-corrected chi connectivity index (χ3v) is 7.67. The molecule has 1 heterocycles. The number of hydrazine groups is 1. The van der Waals surface area contributed by atoms with Crippen LogP contribution in [0.3, 0.4) is 0 Å². The van der Waals surface area contributed by atoms with Crippen molar-refractivity contribution in [2.45, 2.75) is 108 Å². The smallest absolute Gasteiger partial charge is 0.326 e. The number of pyridine rings is 1. The van der Waals surface area contributed by atoms with Gasteiger partial charge in [-0.05, 0) is 69.9 Å². The second-order valence-electron chi connectivity index (χ2n) is 11.9. The zero-order valence-corrected chi connectivity index (χ0v) is 28.9. The molecule has 0 aliphatic heterocycles. The van der Waals surface area contributed by atoms with Crippen molar-refractivity contribution in [2.75, 3.05) is 18.5 Å². The number of amides is 5. The van der Waals surface area contributed by atoms with Gasteiger partial charge in [0, 0.05) is 38.5 Å². The molecule has 0 spiro atoms. The number of nitrogens with zero attached hydrogens (tertiary/aromatic N) is 1. The molecule has 5 amide bonds. The molecule has 1 aromatic rings. The molecule has 0 saturated heterocycles. The molecule has 0 saturated carbocycles. The van der Waals surface area contributed by atoms with E-state index in [1.807, 2.05) is 0 Å². The highest BCUT2D eigenvalue weighted by Gasteiger charge is 2.25. The van der Waals surface area contributed by atoms with Crippen molar-refractivity contribution >= 4 is 53.4 Å². The zero-order chi connectivity index (χ0) is 38.9. The van der Waals surface area contributed by atoms with Gasteiger partial charge in [-0.15, -0.1) is 0 Å². The lowest BCUT2D eigenvalue weighted by molar-refractivity contribution is -0.142. The third kappa shape index (κ3) is 20.2. The van der Waals surface area contributed by atoms with Gasteiger partial charge in [-0.25, -0.2) is 30.0 Å². The predicted molar refractivity (Wildman–Crippen MR) is 184 cm³/mol. The number of aromatic nitrogens is 1. The van der Waals surface area contributed by atoms with E-state index in [1.165, 1.54) is 6.20 Å². The fourth-order valence-corrected chi connectivity index (χ4v) is 4.77. The van der Waals surface area contributed by atoms with Gasteiger partial charge in [0.15, 0.2) is 0 Å². The number of urea groups is 1. The third-order valence-electron chi connectivity index (χ3n) is 7.67. The fourth-order valence-electron chi connectivity index (χ4n) is 4.77. The second-order valence-corrected chi connectivity index (χ2v) is 11.9. The van der Waals surface area contributed by atoms with Gasteiger partial charge in [-0.2, -0.15) is 0 Å². The van der Waals surface area contributed by atoms with E-state index in [9.17, 15) is 48.6 Å². The molecule has 1 rings (SSSR count). The Morgan fingerprint density at radius 1 is 0.596 bits per heavy atom. The van der Waals surface area contributed by atoms with E-state index < -0.39 is 54.5 Å². The summed E-state index contributed by atoms with van der Waals surface area (Å²) in [5, 5.41) is 48.9. The van der Waals surface area contributed by atoms with Gasteiger partial charge in [0.25, 0.3) is 5.91 Å². The second kappa shape index (κ2) is 25.4. The van der Waals surface area contributed by atoms with E-state index >= 15 is 0 Å². The minimum absolute atomic E-state index is 0.00888. The molecule has 0 radical (unpaired) electrons.